The van der Waals surface area contributed by atoms with Gasteiger partial charge in [0.1, 0.15) is 5.75 Å². The van der Waals surface area contributed by atoms with E-state index in [0.29, 0.717) is 5.56 Å². The lowest BCUT2D eigenvalue weighted by atomic mass is 10.1. The van der Waals surface area contributed by atoms with Gasteiger partial charge in [-0.25, -0.2) is 0 Å². The van der Waals surface area contributed by atoms with Crippen LogP contribution in [0.2, 0.25) is 0 Å². The molecule has 4 nitrogen and oxygen atoms in total. The van der Waals surface area contributed by atoms with Crippen LogP contribution in [-0.4, -0.2) is 22.7 Å². The second-order valence-electron chi connectivity index (χ2n) is 4.54. The minimum absolute atomic E-state index is 0.0915. The van der Waals surface area contributed by atoms with Crippen LogP contribution in [0.1, 0.15) is 17.2 Å². The summed E-state index contributed by atoms with van der Waals surface area (Å²) in [4.78, 5) is 11.8. The molecule has 0 bridgehead atoms. The summed E-state index contributed by atoms with van der Waals surface area (Å²) in [6.45, 7) is 0.149. The van der Waals surface area contributed by atoms with Crippen molar-refractivity contribution in [2.75, 3.05) is 6.54 Å². The molecule has 2 aromatic rings. The van der Waals surface area contributed by atoms with E-state index in [1.54, 1.807) is 36.4 Å². The molecule has 3 N–H and O–H groups in total. The van der Waals surface area contributed by atoms with Crippen molar-refractivity contribution in [1.82, 2.24) is 5.32 Å². The first-order chi connectivity index (χ1) is 9.66. The van der Waals surface area contributed by atoms with E-state index in [1.165, 1.54) is 0 Å². The Balaban J connectivity index is 1.85. The normalized spacial score (nSPS) is 11.8. The number of amides is 1. The van der Waals surface area contributed by atoms with Crippen LogP contribution in [0, 0.1) is 0 Å². The number of aliphatic hydroxyl groups excluding tert-OH is 1. The van der Waals surface area contributed by atoms with Gasteiger partial charge < -0.3 is 15.5 Å². The van der Waals surface area contributed by atoms with Gasteiger partial charge in [-0.3, -0.25) is 4.79 Å². The Bertz CT molecular complexity index is 569. The van der Waals surface area contributed by atoms with Crippen molar-refractivity contribution in [3.63, 3.8) is 0 Å². The summed E-state index contributed by atoms with van der Waals surface area (Å²) in [7, 11) is 0. The van der Waals surface area contributed by atoms with Gasteiger partial charge in [0, 0.05) is 12.1 Å². The zero-order chi connectivity index (χ0) is 14.4. The van der Waals surface area contributed by atoms with Gasteiger partial charge in [-0.05, 0) is 11.6 Å². The number of rotatable bonds is 5. The predicted molar refractivity (Wildman–Crippen MR) is 76.2 cm³/mol. The van der Waals surface area contributed by atoms with Crippen molar-refractivity contribution in [3.05, 3.63) is 65.7 Å². The maximum Gasteiger partial charge on any atom is 0.224 e. The number of hydrogen-bond donors (Lipinski definition) is 3. The van der Waals surface area contributed by atoms with Crippen molar-refractivity contribution in [1.29, 1.82) is 0 Å². The van der Waals surface area contributed by atoms with Gasteiger partial charge in [-0.2, -0.15) is 0 Å². The molecule has 0 aromatic heterocycles. The summed E-state index contributed by atoms with van der Waals surface area (Å²) < 4.78 is 0. The fourth-order valence-corrected chi connectivity index (χ4v) is 1.90. The van der Waals surface area contributed by atoms with E-state index >= 15 is 0 Å². The third-order valence-corrected chi connectivity index (χ3v) is 3.02. The van der Waals surface area contributed by atoms with Gasteiger partial charge in [0.05, 0.1) is 12.5 Å². The second-order valence-corrected chi connectivity index (χ2v) is 4.54. The number of phenolic OH excluding ortho intramolecular Hbond substituents is 1. The first kappa shape index (κ1) is 14.1. The van der Waals surface area contributed by atoms with Crippen molar-refractivity contribution < 1.29 is 15.0 Å². The Morgan fingerprint density at radius 3 is 2.40 bits per heavy atom. The van der Waals surface area contributed by atoms with Crippen molar-refractivity contribution in [2.24, 2.45) is 0 Å². The molecule has 2 aromatic carbocycles. The summed E-state index contributed by atoms with van der Waals surface area (Å²) in [6, 6.07) is 15.9. The van der Waals surface area contributed by atoms with E-state index in [-0.39, 0.29) is 24.6 Å². The summed E-state index contributed by atoms with van der Waals surface area (Å²) in [6.07, 6.45) is -0.640. The predicted octanol–water partition coefficient (Wildman–Crippen LogP) is 1.78. The van der Waals surface area contributed by atoms with Crippen molar-refractivity contribution >= 4 is 5.91 Å². The quantitative estimate of drug-likeness (QED) is 0.776. The minimum Gasteiger partial charge on any atom is -0.508 e. The topological polar surface area (TPSA) is 69.6 Å². The third-order valence-electron chi connectivity index (χ3n) is 3.02. The highest BCUT2D eigenvalue weighted by atomic mass is 16.3. The lowest BCUT2D eigenvalue weighted by Crippen LogP contribution is -2.29. The summed E-state index contributed by atoms with van der Waals surface area (Å²) in [5, 5.41) is 22.2. The first-order valence-electron chi connectivity index (χ1n) is 6.43. The van der Waals surface area contributed by atoms with E-state index in [4.69, 9.17) is 0 Å². The Hall–Kier alpha value is -2.33. The molecular formula is C16H17NO3. The molecule has 0 saturated heterocycles. The molecule has 0 aliphatic heterocycles. The SMILES string of the molecule is O=C(Cc1ccccc1O)NCC(O)c1ccccc1. The zero-order valence-corrected chi connectivity index (χ0v) is 11.0. The number of phenols is 1. The largest absolute Gasteiger partial charge is 0.508 e. The summed E-state index contributed by atoms with van der Waals surface area (Å²) in [5.41, 5.74) is 1.33. The van der Waals surface area contributed by atoms with Gasteiger partial charge in [-0.15, -0.1) is 0 Å². The van der Waals surface area contributed by atoms with Crippen LogP contribution >= 0.6 is 0 Å². The first-order valence-corrected chi connectivity index (χ1v) is 6.43. The molecule has 1 amide bonds. The van der Waals surface area contributed by atoms with Crippen LogP contribution < -0.4 is 5.32 Å². The molecule has 0 heterocycles. The molecule has 1 unspecified atom stereocenters. The molecule has 104 valence electrons. The van der Waals surface area contributed by atoms with Gasteiger partial charge in [0.25, 0.3) is 0 Å². The van der Waals surface area contributed by atoms with Gasteiger partial charge in [0.2, 0.25) is 5.91 Å². The van der Waals surface area contributed by atoms with Gasteiger partial charge in [0.15, 0.2) is 0 Å². The molecule has 0 radical (unpaired) electrons. The van der Waals surface area contributed by atoms with E-state index in [1.807, 2.05) is 18.2 Å². The van der Waals surface area contributed by atoms with Crippen LogP contribution in [0.15, 0.2) is 54.6 Å². The molecule has 0 fully saturated rings. The fraction of sp³-hybridized carbons (Fsp3) is 0.188. The zero-order valence-electron chi connectivity index (χ0n) is 11.0. The highest BCUT2D eigenvalue weighted by Gasteiger charge is 2.10. The molecule has 0 aliphatic carbocycles. The number of para-hydroxylation sites is 1. The minimum atomic E-state index is -0.732. The van der Waals surface area contributed by atoms with Crippen LogP contribution in [0.25, 0.3) is 0 Å². The number of hydrogen-bond acceptors (Lipinski definition) is 3. The number of aliphatic hydroxyl groups is 1. The Kier molecular flexibility index (Phi) is 4.74. The maximum absolute atomic E-state index is 11.8. The Morgan fingerprint density at radius 1 is 1.05 bits per heavy atom. The Morgan fingerprint density at radius 2 is 1.70 bits per heavy atom. The molecule has 0 saturated carbocycles. The van der Waals surface area contributed by atoms with E-state index in [2.05, 4.69) is 5.32 Å². The monoisotopic (exact) mass is 271 g/mol. The number of benzene rings is 2. The molecule has 4 heteroatoms. The smallest absolute Gasteiger partial charge is 0.224 e. The van der Waals surface area contributed by atoms with Gasteiger partial charge in [-0.1, -0.05) is 48.5 Å². The van der Waals surface area contributed by atoms with E-state index in [9.17, 15) is 15.0 Å². The van der Waals surface area contributed by atoms with E-state index in [0.717, 1.165) is 5.56 Å². The average Bonchev–Trinajstić information content (AvgIpc) is 2.48. The highest BCUT2D eigenvalue weighted by Crippen LogP contribution is 2.16. The number of carbonyl (C=O) groups excluding carboxylic acids is 1. The Labute approximate surface area is 117 Å². The van der Waals surface area contributed by atoms with Crippen LogP contribution in [0.5, 0.6) is 5.75 Å². The third kappa shape index (κ3) is 3.83. The molecule has 2 rings (SSSR count). The summed E-state index contributed by atoms with van der Waals surface area (Å²) >= 11 is 0. The number of carbonyl (C=O) groups is 1. The summed E-state index contributed by atoms with van der Waals surface area (Å²) in [5.74, 6) is -0.132. The molecule has 0 aliphatic rings. The number of nitrogens with one attached hydrogen (secondary N) is 1. The lowest BCUT2D eigenvalue weighted by molar-refractivity contribution is -0.120. The van der Waals surface area contributed by atoms with Crippen molar-refractivity contribution in [3.8, 4) is 5.75 Å². The maximum atomic E-state index is 11.8. The van der Waals surface area contributed by atoms with Crippen LogP contribution in [0.3, 0.4) is 0 Å². The molecule has 20 heavy (non-hydrogen) atoms. The fourth-order valence-electron chi connectivity index (χ4n) is 1.90. The second kappa shape index (κ2) is 6.73. The number of aromatic hydroxyl groups is 1. The standard InChI is InChI=1S/C16H17NO3/c18-14-9-5-4-8-13(14)10-16(20)17-11-15(19)12-6-2-1-3-7-12/h1-9,15,18-19H,10-11H2,(H,17,20). The van der Waals surface area contributed by atoms with Gasteiger partial charge >= 0.3 is 0 Å². The van der Waals surface area contributed by atoms with Crippen LogP contribution in [0.4, 0.5) is 0 Å². The molecule has 1 atom stereocenters. The lowest BCUT2D eigenvalue weighted by Gasteiger charge is -2.12. The molecule has 0 spiro atoms. The highest BCUT2D eigenvalue weighted by molar-refractivity contribution is 5.79. The average molecular weight is 271 g/mol. The van der Waals surface area contributed by atoms with Crippen LogP contribution in [-0.2, 0) is 11.2 Å². The van der Waals surface area contributed by atoms with Crippen molar-refractivity contribution in [2.45, 2.75) is 12.5 Å². The van der Waals surface area contributed by atoms with E-state index < -0.39 is 6.10 Å². The molecular weight excluding hydrogens is 254 g/mol.